The molecule has 102 valence electrons. The van der Waals surface area contributed by atoms with Gasteiger partial charge in [-0.3, -0.25) is 5.01 Å². The number of benzene rings is 1. The van der Waals surface area contributed by atoms with Crippen molar-refractivity contribution in [3.8, 4) is 0 Å². The van der Waals surface area contributed by atoms with Crippen LogP contribution in [0.3, 0.4) is 0 Å². The maximum atomic E-state index is 13.1. The fourth-order valence-electron chi connectivity index (χ4n) is 1.67. The van der Waals surface area contributed by atoms with Gasteiger partial charge in [-0.25, -0.2) is 13.2 Å². The number of nitrogens with zero attached hydrogens (tertiary/aromatic N) is 3. The summed E-state index contributed by atoms with van der Waals surface area (Å²) in [5, 5.41) is 5.61. The summed E-state index contributed by atoms with van der Waals surface area (Å²) in [7, 11) is 0. The molecule has 4 nitrogen and oxygen atoms in total. The van der Waals surface area contributed by atoms with E-state index in [2.05, 4.69) is 5.10 Å². The summed E-state index contributed by atoms with van der Waals surface area (Å²) in [6.07, 6.45) is 1.93. The van der Waals surface area contributed by atoms with Gasteiger partial charge in [0.25, 0.3) is 0 Å². The average Bonchev–Trinajstić information content (AvgIpc) is 2.87. The summed E-state index contributed by atoms with van der Waals surface area (Å²) in [6, 6.07) is 3.58. The van der Waals surface area contributed by atoms with Crippen molar-refractivity contribution in [3.05, 3.63) is 41.7 Å². The zero-order valence-corrected chi connectivity index (χ0v) is 10.1. The molecule has 2 rings (SSSR count). The highest BCUT2D eigenvalue weighted by molar-refractivity contribution is 5.80. The summed E-state index contributed by atoms with van der Waals surface area (Å²) in [5.74, 6) is -1.82. The second-order valence-electron chi connectivity index (χ2n) is 4.08. The molecule has 0 fully saturated rings. The van der Waals surface area contributed by atoms with Crippen molar-refractivity contribution in [1.29, 1.82) is 0 Å². The van der Waals surface area contributed by atoms with Gasteiger partial charge < -0.3 is 10.6 Å². The number of rotatable bonds is 4. The van der Waals surface area contributed by atoms with Crippen LogP contribution in [0.1, 0.15) is 0 Å². The van der Waals surface area contributed by atoms with Crippen LogP contribution in [-0.2, 0) is 0 Å². The number of anilines is 1. The van der Waals surface area contributed by atoms with E-state index in [1.165, 1.54) is 12.4 Å². The van der Waals surface area contributed by atoms with Crippen LogP contribution in [0.25, 0.3) is 0 Å². The smallest absolute Gasteiger partial charge is 0.160 e. The van der Waals surface area contributed by atoms with E-state index >= 15 is 0 Å². The molecule has 0 aliphatic carbocycles. The largest absolute Gasteiger partial charge is 0.327 e. The van der Waals surface area contributed by atoms with Crippen LogP contribution in [0.2, 0.25) is 0 Å². The Bertz CT molecular complexity index is 516. The molecular weight excluding hydrogens is 257 g/mol. The predicted octanol–water partition coefficient (Wildman–Crippen LogP) is 1.80. The Kier molecular flexibility index (Phi) is 4.06. The molecular formula is C12H13F3N4. The first-order chi connectivity index (χ1) is 9.13. The highest BCUT2D eigenvalue weighted by atomic mass is 19.2. The molecule has 19 heavy (non-hydrogen) atoms. The Morgan fingerprint density at radius 3 is 2.79 bits per heavy atom. The van der Waals surface area contributed by atoms with E-state index in [0.29, 0.717) is 24.3 Å². The lowest BCUT2D eigenvalue weighted by Gasteiger charge is -2.19. The number of hydrogen-bond donors (Lipinski definition) is 1. The lowest BCUT2D eigenvalue weighted by Crippen LogP contribution is -2.29. The minimum Gasteiger partial charge on any atom is -0.327 e. The molecule has 1 aliphatic heterocycles. The van der Waals surface area contributed by atoms with Gasteiger partial charge in [0.05, 0.1) is 12.9 Å². The highest BCUT2D eigenvalue weighted by Gasteiger charge is 2.17. The van der Waals surface area contributed by atoms with Gasteiger partial charge in [0.1, 0.15) is 13.0 Å². The maximum absolute atomic E-state index is 13.1. The first kappa shape index (κ1) is 13.4. The van der Waals surface area contributed by atoms with E-state index in [9.17, 15) is 13.2 Å². The summed E-state index contributed by atoms with van der Waals surface area (Å²) >= 11 is 0. The Hall–Kier alpha value is -2.02. The van der Waals surface area contributed by atoms with Crippen molar-refractivity contribution in [1.82, 2.24) is 5.01 Å². The number of hydrogen-bond acceptors (Lipinski definition) is 4. The Balaban J connectivity index is 2.02. The third-order valence-corrected chi connectivity index (χ3v) is 2.71. The van der Waals surface area contributed by atoms with Crippen molar-refractivity contribution < 1.29 is 13.2 Å². The van der Waals surface area contributed by atoms with Crippen LogP contribution in [0.5, 0.6) is 0 Å². The Labute approximate surface area is 108 Å². The molecule has 0 unspecified atom stereocenters. The molecule has 0 saturated carbocycles. The van der Waals surface area contributed by atoms with Gasteiger partial charge >= 0.3 is 0 Å². The normalized spacial score (nSPS) is 15.5. The molecule has 0 radical (unpaired) electrons. The first-order valence-corrected chi connectivity index (χ1v) is 5.63. The number of nitrogens with two attached hydrogens (primary N) is 1. The van der Waals surface area contributed by atoms with Gasteiger partial charge in [-0.2, -0.15) is 5.10 Å². The van der Waals surface area contributed by atoms with Crippen molar-refractivity contribution in [2.75, 3.05) is 24.7 Å². The Morgan fingerprint density at radius 2 is 2.16 bits per heavy atom. The molecule has 0 atom stereocenters. The van der Waals surface area contributed by atoms with Gasteiger partial charge in [0.15, 0.2) is 11.6 Å². The molecule has 0 bridgehead atoms. The quantitative estimate of drug-likeness (QED) is 0.907. The van der Waals surface area contributed by atoms with E-state index in [0.717, 1.165) is 12.1 Å². The standard InChI is InChI=1S/C12H13F3N4/c13-4-9(5-16)6-19-8-18(7-17-19)10-1-2-11(14)12(15)3-10/h1-4,7H,5-6,8,16H2/b9-4-. The zero-order valence-electron chi connectivity index (χ0n) is 10.1. The zero-order chi connectivity index (χ0) is 13.8. The number of halogens is 3. The van der Waals surface area contributed by atoms with E-state index in [4.69, 9.17) is 5.73 Å². The molecule has 1 aliphatic rings. The Morgan fingerprint density at radius 1 is 1.37 bits per heavy atom. The second kappa shape index (κ2) is 5.75. The predicted molar refractivity (Wildman–Crippen MR) is 67.1 cm³/mol. The van der Waals surface area contributed by atoms with Crippen molar-refractivity contribution in [2.24, 2.45) is 10.8 Å². The lowest BCUT2D eigenvalue weighted by molar-refractivity contribution is 0.342. The van der Waals surface area contributed by atoms with E-state index in [-0.39, 0.29) is 13.1 Å². The molecule has 1 aromatic carbocycles. The van der Waals surface area contributed by atoms with Gasteiger partial charge in [-0.1, -0.05) is 0 Å². The first-order valence-electron chi connectivity index (χ1n) is 5.63. The molecule has 0 saturated heterocycles. The van der Waals surface area contributed by atoms with E-state index in [1.54, 1.807) is 9.91 Å². The van der Waals surface area contributed by atoms with Gasteiger partial charge in [-0.15, -0.1) is 0 Å². The summed E-state index contributed by atoms with van der Waals surface area (Å²) < 4.78 is 38.3. The van der Waals surface area contributed by atoms with Crippen LogP contribution in [-0.4, -0.2) is 31.1 Å². The second-order valence-corrected chi connectivity index (χ2v) is 4.08. The minimum atomic E-state index is -0.921. The molecule has 2 N–H and O–H groups in total. The van der Waals surface area contributed by atoms with Crippen LogP contribution >= 0.6 is 0 Å². The topological polar surface area (TPSA) is 44.9 Å². The van der Waals surface area contributed by atoms with Crippen molar-refractivity contribution >= 4 is 12.0 Å². The summed E-state index contributed by atoms with van der Waals surface area (Å²) in [6.45, 7) is 0.680. The monoisotopic (exact) mass is 270 g/mol. The summed E-state index contributed by atoms with van der Waals surface area (Å²) in [5.41, 5.74) is 6.23. The fraction of sp³-hybridized carbons (Fsp3) is 0.250. The lowest BCUT2D eigenvalue weighted by atomic mass is 10.3. The van der Waals surface area contributed by atoms with Crippen molar-refractivity contribution in [3.63, 3.8) is 0 Å². The van der Waals surface area contributed by atoms with Crippen LogP contribution < -0.4 is 10.6 Å². The van der Waals surface area contributed by atoms with Crippen LogP contribution in [0.15, 0.2) is 35.2 Å². The van der Waals surface area contributed by atoms with E-state index in [1.807, 2.05) is 0 Å². The highest BCUT2D eigenvalue weighted by Crippen LogP contribution is 2.19. The van der Waals surface area contributed by atoms with E-state index < -0.39 is 11.6 Å². The molecule has 1 aromatic rings. The van der Waals surface area contributed by atoms with Crippen LogP contribution in [0, 0.1) is 11.6 Å². The molecule has 0 aromatic heterocycles. The molecule has 7 heteroatoms. The summed E-state index contributed by atoms with van der Waals surface area (Å²) in [4.78, 5) is 1.62. The van der Waals surface area contributed by atoms with Gasteiger partial charge in [0, 0.05) is 18.3 Å². The minimum absolute atomic E-state index is 0.105. The van der Waals surface area contributed by atoms with Gasteiger partial charge in [0.2, 0.25) is 0 Å². The maximum Gasteiger partial charge on any atom is 0.160 e. The fourth-order valence-corrected chi connectivity index (χ4v) is 1.67. The average molecular weight is 270 g/mol. The third kappa shape index (κ3) is 3.05. The third-order valence-electron chi connectivity index (χ3n) is 2.71. The van der Waals surface area contributed by atoms with Crippen LogP contribution in [0.4, 0.5) is 18.9 Å². The molecule has 1 heterocycles. The molecule has 0 amide bonds. The number of hydrazone groups is 1. The van der Waals surface area contributed by atoms with Crippen molar-refractivity contribution in [2.45, 2.75) is 0 Å². The SMILES string of the molecule is NC/C(=C/F)CN1CN(c2ccc(F)c(F)c2)C=N1. The molecule has 0 spiro atoms. The van der Waals surface area contributed by atoms with Gasteiger partial charge in [-0.05, 0) is 17.7 Å².